The third kappa shape index (κ3) is 3.76. The molecule has 0 bridgehead atoms. The Balaban J connectivity index is 2.12. The molecule has 20 heavy (non-hydrogen) atoms. The molecule has 0 heterocycles. The summed E-state index contributed by atoms with van der Waals surface area (Å²) in [6.45, 7) is 9.84. The fraction of sp³-hybridized carbons (Fsp3) is 0.667. The molecular weight excluding hydrogens is 244 g/mol. The zero-order valence-electron chi connectivity index (χ0n) is 13.4. The largest absolute Gasteiger partial charge is 0.369 e. The molecule has 1 aromatic rings. The van der Waals surface area contributed by atoms with Crippen molar-refractivity contribution in [2.24, 2.45) is 0 Å². The predicted octanol–water partition coefficient (Wildman–Crippen LogP) is 4.26. The first-order valence-corrected chi connectivity index (χ1v) is 8.33. The molecule has 0 saturated heterocycles. The van der Waals surface area contributed by atoms with E-state index in [9.17, 15) is 0 Å². The molecule has 0 spiro atoms. The number of aryl methyl sites for hydroxylation is 1. The molecule has 1 aromatic carbocycles. The molecular formula is C18H30N2. The SMILES string of the molecule is CCNCc1ccc(N(CC)C2CCCCC2)c(C)c1. The van der Waals surface area contributed by atoms with Crippen LogP contribution in [0, 0.1) is 6.92 Å². The van der Waals surface area contributed by atoms with Crippen LogP contribution in [0.4, 0.5) is 5.69 Å². The minimum absolute atomic E-state index is 0.757. The van der Waals surface area contributed by atoms with Crippen LogP contribution in [0.5, 0.6) is 0 Å². The fourth-order valence-electron chi connectivity index (χ4n) is 3.44. The van der Waals surface area contributed by atoms with E-state index in [0.29, 0.717) is 0 Å². The van der Waals surface area contributed by atoms with Crippen LogP contribution in [0.25, 0.3) is 0 Å². The van der Waals surface area contributed by atoms with Crippen LogP contribution in [0.3, 0.4) is 0 Å². The molecule has 2 rings (SSSR count). The van der Waals surface area contributed by atoms with Crippen molar-refractivity contribution < 1.29 is 0 Å². The Bertz CT molecular complexity index is 408. The van der Waals surface area contributed by atoms with E-state index in [2.05, 4.69) is 49.2 Å². The zero-order chi connectivity index (χ0) is 14.4. The van der Waals surface area contributed by atoms with Gasteiger partial charge in [-0.3, -0.25) is 0 Å². The van der Waals surface area contributed by atoms with Gasteiger partial charge in [-0.25, -0.2) is 0 Å². The van der Waals surface area contributed by atoms with Gasteiger partial charge in [0.15, 0.2) is 0 Å². The minimum atomic E-state index is 0.757. The van der Waals surface area contributed by atoms with Crippen molar-refractivity contribution >= 4 is 5.69 Å². The van der Waals surface area contributed by atoms with Gasteiger partial charge in [-0.05, 0) is 50.4 Å². The topological polar surface area (TPSA) is 15.3 Å². The molecule has 1 aliphatic carbocycles. The summed E-state index contributed by atoms with van der Waals surface area (Å²) in [7, 11) is 0. The van der Waals surface area contributed by atoms with Crippen molar-refractivity contribution in [3.05, 3.63) is 29.3 Å². The van der Waals surface area contributed by atoms with Crippen molar-refractivity contribution in [2.45, 2.75) is 65.5 Å². The van der Waals surface area contributed by atoms with Crippen LogP contribution < -0.4 is 10.2 Å². The lowest BCUT2D eigenvalue weighted by atomic mass is 9.93. The van der Waals surface area contributed by atoms with Crippen LogP contribution >= 0.6 is 0 Å². The average molecular weight is 274 g/mol. The average Bonchev–Trinajstić information content (AvgIpc) is 2.49. The fourth-order valence-corrected chi connectivity index (χ4v) is 3.44. The minimum Gasteiger partial charge on any atom is -0.369 e. The summed E-state index contributed by atoms with van der Waals surface area (Å²) in [5.74, 6) is 0. The number of nitrogens with one attached hydrogen (secondary N) is 1. The quantitative estimate of drug-likeness (QED) is 0.833. The van der Waals surface area contributed by atoms with E-state index in [-0.39, 0.29) is 0 Å². The second kappa shape index (κ2) is 7.68. The molecule has 0 unspecified atom stereocenters. The standard InChI is InChI=1S/C18H30N2/c1-4-19-14-16-11-12-18(15(3)13-16)20(5-2)17-9-7-6-8-10-17/h11-13,17,19H,4-10,14H2,1-3H3. The molecule has 2 heteroatoms. The van der Waals surface area contributed by atoms with Crippen LogP contribution in [0.2, 0.25) is 0 Å². The molecule has 1 aliphatic rings. The lowest BCUT2D eigenvalue weighted by Crippen LogP contribution is -2.37. The van der Waals surface area contributed by atoms with Crippen molar-refractivity contribution in [1.82, 2.24) is 5.32 Å². The van der Waals surface area contributed by atoms with Crippen molar-refractivity contribution in [3.63, 3.8) is 0 Å². The molecule has 0 amide bonds. The van der Waals surface area contributed by atoms with Gasteiger partial charge in [0.05, 0.1) is 0 Å². The first-order chi connectivity index (χ1) is 9.76. The van der Waals surface area contributed by atoms with E-state index < -0.39 is 0 Å². The highest BCUT2D eigenvalue weighted by Gasteiger charge is 2.21. The monoisotopic (exact) mass is 274 g/mol. The van der Waals surface area contributed by atoms with Gasteiger partial charge in [0.1, 0.15) is 0 Å². The third-order valence-electron chi connectivity index (χ3n) is 4.51. The Morgan fingerprint density at radius 1 is 1.15 bits per heavy atom. The Morgan fingerprint density at radius 3 is 2.50 bits per heavy atom. The Hall–Kier alpha value is -1.02. The van der Waals surface area contributed by atoms with Gasteiger partial charge >= 0.3 is 0 Å². The van der Waals surface area contributed by atoms with Gasteiger partial charge in [-0.15, -0.1) is 0 Å². The van der Waals surface area contributed by atoms with Crippen LogP contribution in [-0.2, 0) is 6.54 Å². The van der Waals surface area contributed by atoms with Crippen molar-refractivity contribution in [2.75, 3.05) is 18.0 Å². The van der Waals surface area contributed by atoms with Crippen LogP contribution in [-0.4, -0.2) is 19.1 Å². The molecule has 2 nitrogen and oxygen atoms in total. The van der Waals surface area contributed by atoms with E-state index in [1.54, 1.807) is 0 Å². The first-order valence-electron chi connectivity index (χ1n) is 8.33. The highest BCUT2D eigenvalue weighted by molar-refractivity contribution is 5.55. The van der Waals surface area contributed by atoms with Gasteiger partial charge in [0.2, 0.25) is 0 Å². The second-order valence-corrected chi connectivity index (χ2v) is 5.98. The predicted molar refractivity (Wildman–Crippen MR) is 88.5 cm³/mol. The van der Waals surface area contributed by atoms with E-state index in [0.717, 1.165) is 25.7 Å². The Labute approximate surface area is 124 Å². The van der Waals surface area contributed by atoms with E-state index in [1.165, 1.54) is 48.9 Å². The Kier molecular flexibility index (Phi) is 5.90. The van der Waals surface area contributed by atoms with Crippen LogP contribution in [0.1, 0.15) is 57.1 Å². The maximum Gasteiger partial charge on any atom is 0.0398 e. The third-order valence-corrected chi connectivity index (χ3v) is 4.51. The molecule has 0 aliphatic heterocycles. The number of hydrogen-bond donors (Lipinski definition) is 1. The van der Waals surface area contributed by atoms with E-state index >= 15 is 0 Å². The molecule has 1 fully saturated rings. The van der Waals surface area contributed by atoms with Gasteiger partial charge < -0.3 is 10.2 Å². The molecule has 0 radical (unpaired) electrons. The molecule has 0 aromatic heterocycles. The highest BCUT2D eigenvalue weighted by atomic mass is 15.2. The highest BCUT2D eigenvalue weighted by Crippen LogP contribution is 2.29. The van der Waals surface area contributed by atoms with Gasteiger partial charge in [0, 0.05) is 24.8 Å². The summed E-state index contributed by atoms with van der Waals surface area (Å²) >= 11 is 0. The Morgan fingerprint density at radius 2 is 1.90 bits per heavy atom. The summed E-state index contributed by atoms with van der Waals surface area (Å²) in [5.41, 5.74) is 4.26. The lowest BCUT2D eigenvalue weighted by molar-refractivity contribution is 0.418. The molecule has 1 N–H and O–H groups in total. The number of rotatable bonds is 6. The number of hydrogen-bond acceptors (Lipinski definition) is 2. The smallest absolute Gasteiger partial charge is 0.0398 e. The van der Waals surface area contributed by atoms with E-state index in [4.69, 9.17) is 0 Å². The maximum absolute atomic E-state index is 3.40. The summed E-state index contributed by atoms with van der Waals surface area (Å²) in [5, 5.41) is 3.40. The summed E-state index contributed by atoms with van der Waals surface area (Å²) in [6.07, 6.45) is 6.96. The number of nitrogens with zero attached hydrogens (tertiary/aromatic N) is 1. The molecule has 0 atom stereocenters. The molecule has 1 saturated carbocycles. The first kappa shape index (κ1) is 15.4. The van der Waals surface area contributed by atoms with Crippen molar-refractivity contribution in [1.29, 1.82) is 0 Å². The number of benzene rings is 1. The normalized spacial score (nSPS) is 16.4. The maximum atomic E-state index is 3.40. The molecule has 112 valence electrons. The van der Waals surface area contributed by atoms with Gasteiger partial charge in [0.25, 0.3) is 0 Å². The number of anilines is 1. The van der Waals surface area contributed by atoms with Crippen molar-refractivity contribution in [3.8, 4) is 0 Å². The van der Waals surface area contributed by atoms with Crippen LogP contribution in [0.15, 0.2) is 18.2 Å². The van der Waals surface area contributed by atoms with Gasteiger partial charge in [-0.1, -0.05) is 38.3 Å². The zero-order valence-corrected chi connectivity index (χ0v) is 13.4. The lowest BCUT2D eigenvalue weighted by Gasteiger charge is -2.36. The summed E-state index contributed by atoms with van der Waals surface area (Å²) in [6, 6.07) is 7.73. The van der Waals surface area contributed by atoms with E-state index in [1.807, 2.05) is 0 Å². The van der Waals surface area contributed by atoms with Gasteiger partial charge in [-0.2, -0.15) is 0 Å². The summed E-state index contributed by atoms with van der Waals surface area (Å²) in [4.78, 5) is 2.63. The summed E-state index contributed by atoms with van der Waals surface area (Å²) < 4.78 is 0. The second-order valence-electron chi connectivity index (χ2n) is 5.98.